The molecule has 4 nitrogen and oxygen atoms in total. The third kappa shape index (κ3) is 2.17. The van der Waals surface area contributed by atoms with Gasteiger partial charge < -0.3 is 9.47 Å². The number of benzene rings is 1. The molecule has 0 unspecified atom stereocenters. The molecule has 17 heavy (non-hydrogen) atoms. The summed E-state index contributed by atoms with van der Waals surface area (Å²) in [6, 6.07) is 7.37. The summed E-state index contributed by atoms with van der Waals surface area (Å²) < 4.78 is 10.5. The van der Waals surface area contributed by atoms with Crippen LogP contribution in [0.2, 0.25) is 5.02 Å². The maximum absolute atomic E-state index is 6.12. The summed E-state index contributed by atoms with van der Waals surface area (Å²) in [5.74, 6) is 1.05. The monoisotopic (exact) mass is 250 g/mol. The molecule has 0 N–H and O–H groups in total. The van der Waals surface area contributed by atoms with Crippen LogP contribution in [0.15, 0.2) is 30.5 Å². The van der Waals surface area contributed by atoms with Crippen molar-refractivity contribution in [3.05, 3.63) is 35.5 Å². The molecule has 1 aromatic carbocycles. The zero-order valence-corrected chi connectivity index (χ0v) is 10.2. The first-order valence-corrected chi connectivity index (χ1v) is 5.34. The quantitative estimate of drug-likeness (QED) is 0.840. The van der Waals surface area contributed by atoms with E-state index in [9.17, 15) is 0 Å². The van der Waals surface area contributed by atoms with Crippen molar-refractivity contribution in [2.24, 2.45) is 0 Å². The molecule has 88 valence electrons. The van der Waals surface area contributed by atoms with Crippen molar-refractivity contribution in [2.45, 2.75) is 0 Å². The van der Waals surface area contributed by atoms with Crippen molar-refractivity contribution in [2.75, 3.05) is 14.2 Å². The lowest BCUT2D eigenvalue weighted by molar-refractivity contribution is 0.352. The summed E-state index contributed by atoms with van der Waals surface area (Å²) >= 11 is 6.12. The molecule has 0 aliphatic heterocycles. The van der Waals surface area contributed by atoms with Crippen LogP contribution in [0.5, 0.6) is 11.5 Å². The molecule has 2 aromatic rings. The molecule has 0 amide bonds. The van der Waals surface area contributed by atoms with Crippen molar-refractivity contribution in [1.29, 1.82) is 0 Å². The van der Waals surface area contributed by atoms with E-state index in [4.69, 9.17) is 21.1 Å². The van der Waals surface area contributed by atoms with Gasteiger partial charge in [-0.15, -0.1) is 5.10 Å². The predicted molar refractivity (Wildman–Crippen MR) is 65.6 cm³/mol. The standard InChI is InChI=1S/C12H11ClN2O2/c1-16-10-7-14-15-11(12(10)17-2)8-5-3-4-6-9(8)13/h3-7H,1-2H3. The highest BCUT2D eigenvalue weighted by Crippen LogP contribution is 2.37. The van der Waals surface area contributed by atoms with Crippen LogP contribution in [-0.4, -0.2) is 24.4 Å². The third-order valence-corrected chi connectivity index (χ3v) is 2.65. The van der Waals surface area contributed by atoms with Gasteiger partial charge in [0.2, 0.25) is 0 Å². The molecule has 0 fully saturated rings. The van der Waals surface area contributed by atoms with Gasteiger partial charge in [0, 0.05) is 5.56 Å². The average Bonchev–Trinajstić information content (AvgIpc) is 2.38. The number of aromatic nitrogens is 2. The Kier molecular flexibility index (Phi) is 3.44. The van der Waals surface area contributed by atoms with E-state index >= 15 is 0 Å². The number of halogens is 1. The van der Waals surface area contributed by atoms with Crippen LogP contribution >= 0.6 is 11.6 Å². The second kappa shape index (κ2) is 5.01. The van der Waals surface area contributed by atoms with Crippen LogP contribution in [0.3, 0.4) is 0 Å². The molecular formula is C12H11ClN2O2. The Morgan fingerprint density at radius 3 is 2.53 bits per heavy atom. The van der Waals surface area contributed by atoms with E-state index in [0.717, 1.165) is 5.56 Å². The van der Waals surface area contributed by atoms with Crippen molar-refractivity contribution in [3.8, 4) is 22.8 Å². The molecule has 1 heterocycles. The minimum absolute atomic E-state index is 0.524. The predicted octanol–water partition coefficient (Wildman–Crippen LogP) is 2.81. The molecule has 0 bridgehead atoms. The normalized spacial score (nSPS) is 10.1. The molecular weight excluding hydrogens is 240 g/mol. The van der Waals surface area contributed by atoms with E-state index in [1.807, 2.05) is 18.2 Å². The SMILES string of the molecule is COc1cnnc(-c2ccccc2Cl)c1OC. The lowest BCUT2D eigenvalue weighted by Gasteiger charge is -2.11. The summed E-state index contributed by atoms with van der Waals surface area (Å²) in [6.07, 6.45) is 1.50. The molecule has 5 heteroatoms. The highest BCUT2D eigenvalue weighted by Gasteiger charge is 2.15. The third-order valence-electron chi connectivity index (χ3n) is 2.32. The van der Waals surface area contributed by atoms with Gasteiger partial charge in [-0.3, -0.25) is 0 Å². The van der Waals surface area contributed by atoms with Crippen molar-refractivity contribution < 1.29 is 9.47 Å². The summed E-state index contributed by atoms with van der Waals surface area (Å²) in [6.45, 7) is 0. The number of hydrogen-bond donors (Lipinski definition) is 0. The van der Waals surface area contributed by atoms with Gasteiger partial charge in [-0.2, -0.15) is 5.10 Å². The molecule has 0 saturated heterocycles. The minimum Gasteiger partial charge on any atom is -0.491 e. The Labute approximate surface area is 104 Å². The zero-order valence-electron chi connectivity index (χ0n) is 9.48. The summed E-state index contributed by atoms with van der Waals surface area (Å²) in [5, 5.41) is 8.51. The van der Waals surface area contributed by atoms with Gasteiger partial charge in [0.25, 0.3) is 0 Å². The Balaban J connectivity index is 2.63. The van der Waals surface area contributed by atoms with Gasteiger partial charge in [0.1, 0.15) is 5.69 Å². The van der Waals surface area contributed by atoms with Crippen LogP contribution < -0.4 is 9.47 Å². The smallest absolute Gasteiger partial charge is 0.190 e. The Morgan fingerprint density at radius 2 is 1.88 bits per heavy atom. The Bertz CT molecular complexity index is 532. The summed E-state index contributed by atoms with van der Waals surface area (Å²) in [4.78, 5) is 0. The fourth-order valence-corrected chi connectivity index (χ4v) is 1.76. The molecule has 0 radical (unpaired) electrons. The zero-order chi connectivity index (χ0) is 12.3. The second-order valence-corrected chi connectivity index (χ2v) is 3.68. The van der Waals surface area contributed by atoms with Gasteiger partial charge in [-0.1, -0.05) is 29.8 Å². The van der Waals surface area contributed by atoms with E-state index < -0.39 is 0 Å². The molecule has 0 aliphatic rings. The first-order valence-electron chi connectivity index (χ1n) is 4.96. The van der Waals surface area contributed by atoms with Crippen molar-refractivity contribution in [1.82, 2.24) is 10.2 Å². The molecule has 0 atom stereocenters. The second-order valence-electron chi connectivity index (χ2n) is 3.27. The lowest BCUT2D eigenvalue weighted by Crippen LogP contribution is -1.98. The largest absolute Gasteiger partial charge is 0.491 e. The highest BCUT2D eigenvalue weighted by atomic mass is 35.5. The summed E-state index contributed by atoms with van der Waals surface area (Å²) in [5.41, 5.74) is 1.33. The van der Waals surface area contributed by atoms with Gasteiger partial charge in [-0.25, -0.2) is 0 Å². The van der Waals surface area contributed by atoms with E-state index in [1.165, 1.54) is 6.20 Å². The highest BCUT2D eigenvalue weighted by molar-refractivity contribution is 6.33. The Hall–Kier alpha value is -1.81. The molecule has 1 aromatic heterocycles. The number of ether oxygens (including phenoxy) is 2. The minimum atomic E-state index is 0.524. The topological polar surface area (TPSA) is 44.2 Å². The maximum atomic E-state index is 6.12. The Morgan fingerprint density at radius 1 is 1.12 bits per heavy atom. The van der Waals surface area contributed by atoms with Crippen molar-refractivity contribution >= 4 is 11.6 Å². The maximum Gasteiger partial charge on any atom is 0.190 e. The molecule has 0 saturated carbocycles. The van der Waals surface area contributed by atoms with E-state index in [2.05, 4.69) is 10.2 Å². The summed E-state index contributed by atoms with van der Waals surface area (Å²) in [7, 11) is 3.11. The number of methoxy groups -OCH3 is 2. The fourth-order valence-electron chi connectivity index (χ4n) is 1.53. The van der Waals surface area contributed by atoms with Crippen LogP contribution in [0, 0.1) is 0 Å². The van der Waals surface area contributed by atoms with Gasteiger partial charge in [-0.05, 0) is 6.07 Å². The van der Waals surface area contributed by atoms with Crippen LogP contribution in [-0.2, 0) is 0 Å². The average molecular weight is 251 g/mol. The first kappa shape index (κ1) is 11.7. The number of rotatable bonds is 3. The van der Waals surface area contributed by atoms with Crippen LogP contribution in [0.25, 0.3) is 11.3 Å². The van der Waals surface area contributed by atoms with Gasteiger partial charge in [0.15, 0.2) is 11.5 Å². The van der Waals surface area contributed by atoms with E-state index in [-0.39, 0.29) is 0 Å². The first-order chi connectivity index (χ1) is 8.27. The van der Waals surface area contributed by atoms with Gasteiger partial charge in [0.05, 0.1) is 25.4 Å². The van der Waals surface area contributed by atoms with E-state index in [0.29, 0.717) is 22.2 Å². The molecule has 0 spiro atoms. The van der Waals surface area contributed by atoms with Crippen LogP contribution in [0.1, 0.15) is 0 Å². The number of hydrogen-bond acceptors (Lipinski definition) is 4. The molecule has 2 rings (SSSR count). The lowest BCUT2D eigenvalue weighted by atomic mass is 10.1. The molecule has 0 aliphatic carbocycles. The fraction of sp³-hybridized carbons (Fsp3) is 0.167. The van der Waals surface area contributed by atoms with Gasteiger partial charge >= 0.3 is 0 Å². The van der Waals surface area contributed by atoms with Crippen LogP contribution in [0.4, 0.5) is 0 Å². The van der Waals surface area contributed by atoms with Crippen molar-refractivity contribution in [3.63, 3.8) is 0 Å². The van der Waals surface area contributed by atoms with E-state index in [1.54, 1.807) is 20.3 Å². The number of nitrogens with zero attached hydrogens (tertiary/aromatic N) is 2.